The Morgan fingerprint density at radius 2 is 1.31 bits per heavy atom. The molecule has 0 aromatic rings. The summed E-state index contributed by atoms with van der Waals surface area (Å²) in [6.07, 6.45) is 21.2. The van der Waals surface area contributed by atoms with E-state index in [9.17, 15) is 19.0 Å². The third-order valence-corrected chi connectivity index (χ3v) is 7.12. The Bertz CT molecular complexity index is 674. The lowest BCUT2D eigenvalue weighted by Gasteiger charge is -2.19. The summed E-state index contributed by atoms with van der Waals surface area (Å²) in [6.45, 7) is 3.58. The second-order valence-corrected chi connectivity index (χ2v) is 11.4. The topological polar surface area (TPSA) is 134 Å². The van der Waals surface area contributed by atoms with Crippen molar-refractivity contribution in [1.29, 1.82) is 0 Å². The summed E-state index contributed by atoms with van der Waals surface area (Å²) in [7, 11) is -4.35. The van der Waals surface area contributed by atoms with Gasteiger partial charge in [0.1, 0.15) is 6.61 Å². The molecular formula is C29H56NO8P. The molecule has 230 valence electrons. The highest BCUT2D eigenvalue weighted by atomic mass is 31.2. The Morgan fingerprint density at radius 3 is 1.92 bits per heavy atom. The van der Waals surface area contributed by atoms with Crippen LogP contribution in [0.3, 0.4) is 0 Å². The standard InChI is InChI=1S/C29H56NO8P/c1-3-5-7-9-11-13-14-16-18-20-22-29(32)38-27(26-37-39(33,34)36-24-23-30)25-35-28(31)21-19-17-15-12-10-8-6-4-2/h7,9,27H,3-6,8,10-26,30H2,1-2H3,(H,33,34)/b9-7-/t27-/m1/s1. The van der Waals surface area contributed by atoms with Gasteiger partial charge in [-0.3, -0.25) is 18.6 Å². The summed E-state index contributed by atoms with van der Waals surface area (Å²) in [5, 5.41) is 0. The minimum absolute atomic E-state index is 0.0538. The lowest BCUT2D eigenvalue weighted by molar-refractivity contribution is -0.161. The maximum Gasteiger partial charge on any atom is 0.472 e. The first-order valence-corrected chi connectivity index (χ1v) is 16.7. The zero-order chi connectivity index (χ0) is 29.0. The van der Waals surface area contributed by atoms with E-state index < -0.39 is 32.5 Å². The quantitative estimate of drug-likeness (QED) is 0.0430. The van der Waals surface area contributed by atoms with Gasteiger partial charge in [-0.05, 0) is 32.1 Å². The first kappa shape index (κ1) is 37.8. The fourth-order valence-electron chi connectivity index (χ4n) is 3.87. The summed E-state index contributed by atoms with van der Waals surface area (Å²) in [4.78, 5) is 34.3. The molecule has 0 aromatic heterocycles. The molecule has 0 saturated carbocycles. The minimum Gasteiger partial charge on any atom is -0.462 e. The lowest BCUT2D eigenvalue weighted by Crippen LogP contribution is -2.29. The van der Waals surface area contributed by atoms with E-state index in [1.165, 1.54) is 38.5 Å². The fourth-order valence-corrected chi connectivity index (χ4v) is 4.63. The van der Waals surface area contributed by atoms with Gasteiger partial charge in [0.15, 0.2) is 6.10 Å². The average molecular weight is 578 g/mol. The maximum absolute atomic E-state index is 12.4. The monoisotopic (exact) mass is 577 g/mol. The second-order valence-electron chi connectivity index (χ2n) is 9.97. The number of carbonyl (C=O) groups excluding carboxylic acids is 2. The molecule has 39 heavy (non-hydrogen) atoms. The third-order valence-electron chi connectivity index (χ3n) is 6.13. The zero-order valence-corrected chi connectivity index (χ0v) is 25.5. The summed E-state index contributed by atoms with van der Waals surface area (Å²) in [5.74, 6) is -0.848. The Balaban J connectivity index is 4.37. The van der Waals surface area contributed by atoms with Crippen LogP contribution in [0.25, 0.3) is 0 Å². The third kappa shape index (κ3) is 26.7. The number of esters is 2. The van der Waals surface area contributed by atoms with Gasteiger partial charge in [-0.25, -0.2) is 4.57 Å². The van der Waals surface area contributed by atoms with Crippen LogP contribution in [0, 0.1) is 0 Å². The average Bonchev–Trinajstić information content (AvgIpc) is 2.91. The van der Waals surface area contributed by atoms with Gasteiger partial charge >= 0.3 is 19.8 Å². The molecule has 0 aliphatic rings. The van der Waals surface area contributed by atoms with Gasteiger partial charge in [0.25, 0.3) is 0 Å². The van der Waals surface area contributed by atoms with Crippen LogP contribution >= 0.6 is 7.82 Å². The summed E-state index contributed by atoms with van der Waals surface area (Å²) in [6, 6.07) is 0. The molecule has 0 rings (SSSR count). The van der Waals surface area contributed by atoms with E-state index in [0.29, 0.717) is 6.42 Å². The van der Waals surface area contributed by atoms with Crippen molar-refractivity contribution >= 4 is 19.8 Å². The summed E-state index contributed by atoms with van der Waals surface area (Å²) >= 11 is 0. The number of ether oxygens (including phenoxy) is 2. The molecule has 0 spiro atoms. The summed E-state index contributed by atoms with van der Waals surface area (Å²) in [5.41, 5.74) is 5.29. The van der Waals surface area contributed by atoms with Crippen LogP contribution in [0.2, 0.25) is 0 Å². The number of rotatable bonds is 28. The normalized spacial score (nSPS) is 13.8. The number of phosphoric acid groups is 1. The van der Waals surface area contributed by atoms with Crippen molar-refractivity contribution in [2.24, 2.45) is 5.73 Å². The molecule has 9 nitrogen and oxygen atoms in total. The Hall–Kier alpha value is -1.25. The molecule has 2 atom stereocenters. The van der Waals surface area contributed by atoms with Gasteiger partial charge in [-0.1, -0.05) is 96.6 Å². The molecule has 0 aliphatic heterocycles. The molecule has 0 aliphatic carbocycles. The number of allylic oxidation sites excluding steroid dienone is 2. The van der Waals surface area contributed by atoms with Gasteiger partial charge in [-0.2, -0.15) is 0 Å². The highest BCUT2D eigenvalue weighted by Crippen LogP contribution is 2.43. The van der Waals surface area contributed by atoms with Crippen molar-refractivity contribution in [2.75, 3.05) is 26.4 Å². The van der Waals surface area contributed by atoms with Crippen molar-refractivity contribution in [3.63, 3.8) is 0 Å². The van der Waals surface area contributed by atoms with Gasteiger partial charge in [0, 0.05) is 19.4 Å². The van der Waals surface area contributed by atoms with E-state index in [1.807, 2.05) is 0 Å². The van der Waals surface area contributed by atoms with Gasteiger partial charge < -0.3 is 20.1 Å². The van der Waals surface area contributed by atoms with Gasteiger partial charge in [-0.15, -0.1) is 0 Å². The molecule has 0 aromatic carbocycles. The number of unbranched alkanes of at least 4 members (excludes halogenated alkanes) is 13. The number of hydrogen-bond donors (Lipinski definition) is 2. The van der Waals surface area contributed by atoms with Crippen LogP contribution in [-0.4, -0.2) is 49.3 Å². The highest BCUT2D eigenvalue weighted by molar-refractivity contribution is 7.47. The van der Waals surface area contributed by atoms with E-state index in [1.54, 1.807) is 0 Å². The minimum atomic E-state index is -4.35. The molecule has 1 unspecified atom stereocenters. The molecule has 0 bridgehead atoms. The SMILES string of the molecule is CCC/C=C\CCCCCCCC(=O)O[C@H](COC(=O)CCCCCCCCCC)COP(=O)(O)OCCN. The molecule has 0 amide bonds. The first-order valence-electron chi connectivity index (χ1n) is 15.2. The van der Waals surface area contributed by atoms with Crippen molar-refractivity contribution in [1.82, 2.24) is 0 Å². The maximum atomic E-state index is 12.4. The van der Waals surface area contributed by atoms with E-state index in [0.717, 1.165) is 57.8 Å². The Morgan fingerprint density at radius 1 is 0.744 bits per heavy atom. The van der Waals surface area contributed by atoms with Crippen LogP contribution in [0.5, 0.6) is 0 Å². The molecule has 0 heterocycles. The number of carbonyl (C=O) groups is 2. The smallest absolute Gasteiger partial charge is 0.462 e. The Labute approximate surface area is 237 Å². The first-order chi connectivity index (χ1) is 18.8. The zero-order valence-electron chi connectivity index (χ0n) is 24.6. The fraction of sp³-hybridized carbons (Fsp3) is 0.862. The number of nitrogens with two attached hydrogens (primary N) is 1. The largest absolute Gasteiger partial charge is 0.472 e. The van der Waals surface area contributed by atoms with Gasteiger partial charge in [0.05, 0.1) is 13.2 Å². The van der Waals surface area contributed by atoms with Crippen molar-refractivity contribution < 1.29 is 37.6 Å². The van der Waals surface area contributed by atoms with E-state index in [-0.39, 0.29) is 32.6 Å². The lowest BCUT2D eigenvalue weighted by atomic mass is 10.1. The molecule has 0 saturated heterocycles. The molecule has 0 radical (unpaired) electrons. The number of hydrogen-bond acceptors (Lipinski definition) is 8. The van der Waals surface area contributed by atoms with E-state index in [4.69, 9.17) is 24.3 Å². The van der Waals surface area contributed by atoms with Crippen LogP contribution in [-0.2, 0) is 32.7 Å². The van der Waals surface area contributed by atoms with Crippen LogP contribution in [0.1, 0.15) is 129 Å². The number of phosphoric ester groups is 1. The van der Waals surface area contributed by atoms with Crippen molar-refractivity contribution in [2.45, 2.75) is 136 Å². The van der Waals surface area contributed by atoms with Crippen LogP contribution in [0.4, 0.5) is 0 Å². The second kappa shape index (κ2) is 26.9. The van der Waals surface area contributed by atoms with Crippen molar-refractivity contribution in [3.8, 4) is 0 Å². The molecular weight excluding hydrogens is 521 g/mol. The summed E-state index contributed by atoms with van der Waals surface area (Å²) < 4.78 is 32.3. The van der Waals surface area contributed by atoms with Crippen LogP contribution < -0.4 is 5.73 Å². The molecule has 0 fully saturated rings. The highest BCUT2D eigenvalue weighted by Gasteiger charge is 2.25. The van der Waals surface area contributed by atoms with Crippen LogP contribution in [0.15, 0.2) is 12.2 Å². The van der Waals surface area contributed by atoms with Crippen molar-refractivity contribution in [3.05, 3.63) is 12.2 Å². The van der Waals surface area contributed by atoms with Gasteiger partial charge in [0.2, 0.25) is 0 Å². The Kier molecular flexibility index (Phi) is 26.1. The van der Waals surface area contributed by atoms with E-state index in [2.05, 4.69) is 26.0 Å². The predicted octanol–water partition coefficient (Wildman–Crippen LogP) is 7.15. The van der Waals surface area contributed by atoms with E-state index >= 15 is 0 Å². The molecule has 3 N–H and O–H groups in total. The molecule has 10 heteroatoms. The predicted molar refractivity (Wildman–Crippen MR) is 155 cm³/mol.